The van der Waals surface area contributed by atoms with Gasteiger partial charge in [-0.25, -0.2) is 10.2 Å². The molecule has 0 fully saturated rings. The third kappa shape index (κ3) is 5.82. The van der Waals surface area contributed by atoms with Crippen LogP contribution in [0.15, 0.2) is 60.7 Å². The van der Waals surface area contributed by atoms with Gasteiger partial charge in [-0.05, 0) is 17.5 Å². The molecule has 2 aromatic rings. The molecule has 0 aliphatic carbocycles. The molecule has 2 N–H and O–H groups in total. The maximum Gasteiger partial charge on any atom is 0.472 e. The number of carbonyl (C=O) groups is 2. The highest BCUT2D eigenvalue weighted by Gasteiger charge is 2.46. The average molecular weight is 422 g/mol. The molecule has 0 aromatic heterocycles. The summed E-state index contributed by atoms with van der Waals surface area (Å²) in [5.41, 5.74) is 2.78. The smallest absolute Gasteiger partial charge is 0.464 e. The van der Waals surface area contributed by atoms with E-state index in [1.807, 2.05) is 0 Å². The topological polar surface area (TPSA) is 67.4 Å². The van der Waals surface area contributed by atoms with Crippen molar-refractivity contribution < 1.29 is 27.5 Å². The van der Waals surface area contributed by atoms with Crippen LogP contribution in [0.1, 0.15) is 43.7 Å². The van der Waals surface area contributed by atoms with E-state index in [-0.39, 0.29) is 6.61 Å². The summed E-state index contributed by atoms with van der Waals surface area (Å²) in [5.74, 6) is -3.02. The lowest BCUT2D eigenvalue weighted by molar-refractivity contribution is -0.176. The lowest BCUT2D eigenvalue weighted by Crippen LogP contribution is -2.59. The summed E-state index contributed by atoms with van der Waals surface area (Å²) < 4.78 is 43.8. The fourth-order valence-electron chi connectivity index (χ4n) is 3.00. The SMILES string of the molecule is CCCCCCOC(=O)C(NNC(=O)C(F)(F)F)(c1ccccc1)c1ccccc1. The fraction of sp³-hybridized carbons (Fsp3) is 0.364. The van der Waals surface area contributed by atoms with E-state index in [4.69, 9.17) is 4.74 Å². The third-order valence-corrected chi connectivity index (χ3v) is 4.57. The summed E-state index contributed by atoms with van der Waals surface area (Å²) >= 11 is 0. The number of rotatable bonds is 10. The molecule has 0 aliphatic rings. The van der Waals surface area contributed by atoms with E-state index < -0.39 is 23.6 Å². The van der Waals surface area contributed by atoms with E-state index in [0.717, 1.165) is 19.3 Å². The van der Waals surface area contributed by atoms with Crippen molar-refractivity contribution in [2.24, 2.45) is 0 Å². The zero-order valence-corrected chi connectivity index (χ0v) is 16.7. The molecule has 2 aromatic carbocycles. The van der Waals surface area contributed by atoms with Gasteiger partial charge >= 0.3 is 18.1 Å². The molecule has 5 nitrogen and oxygen atoms in total. The minimum atomic E-state index is -5.11. The highest BCUT2D eigenvalue weighted by Crippen LogP contribution is 2.31. The second kappa shape index (κ2) is 10.8. The Balaban J connectivity index is 2.42. The standard InChI is InChI=1S/C22H25F3N2O3/c1-2-3-4-11-16-30-20(29)21(17-12-7-5-8-13-17,18-14-9-6-10-15-18)27-26-19(28)22(23,24)25/h5-10,12-15,27H,2-4,11,16H2,1H3,(H,26,28). The molecule has 0 heterocycles. The van der Waals surface area contributed by atoms with Crippen molar-refractivity contribution >= 4 is 11.9 Å². The molecule has 0 spiro atoms. The molecule has 162 valence electrons. The van der Waals surface area contributed by atoms with Gasteiger partial charge in [-0.15, -0.1) is 0 Å². The Labute approximate surface area is 173 Å². The lowest BCUT2D eigenvalue weighted by atomic mass is 9.83. The highest BCUT2D eigenvalue weighted by molar-refractivity contribution is 5.88. The quantitative estimate of drug-likeness (QED) is 0.342. The van der Waals surface area contributed by atoms with Crippen LogP contribution in [0.2, 0.25) is 0 Å². The van der Waals surface area contributed by atoms with Crippen LogP contribution in [0, 0.1) is 0 Å². The number of halogens is 3. The summed E-state index contributed by atoms with van der Waals surface area (Å²) in [5, 5.41) is 0. The Morgan fingerprint density at radius 2 is 1.40 bits per heavy atom. The van der Waals surface area contributed by atoms with Crippen LogP contribution in [-0.4, -0.2) is 24.7 Å². The molecular formula is C22H25F3N2O3. The van der Waals surface area contributed by atoms with Crippen molar-refractivity contribution in [3.8, 4) is 0 Å². The number of carbonyl (C=O) groups excluding carboxylic acids is 2. The van der Waals surface area contributed by atoms with Crippen LogP contribution >= 0.6 is 0 Å². The van der Waals surface area contributed by atoms with Crippen molar-refractivity contribution in [1.82, 2.24) is 10.9 Å². The molecule has 0 aliphatic heterocycles. The summed E-state index contributed by atoms with van der Waals surface area (Å²) in [7, 11) is 0. The van der Waals surface area contributed by atoms with E-state index in [0.29, 0.717) is 17.5 Å². The molecule has 1 amide bonds. The minimum absolute atomic E-state index is 0.120. The lowest BCUT2D eigenvalue weighted by Gasteiger charge is -2.33. The molecule has 0 saturated heterocycles. The van der Waals surface area contributed by atoms with E-state index in [9.17, 15) is 22.8 Å². The molecule has 30 heavy (non-hydrogen) atoms. The van der Waals surface area contributed by atoms with Gasteiger partial charge in [-0.2, -0.15) is 13.2 Å². The molecular weight excluding hydrogens is 397 g/mol. The largest absolute Gasteiger partial charge is 0.472 e. The Hall–Kier alpha value is -2.87. The van der Waals surface area contributed by atoms with Crippen molar-refractivity contribution in [3.05, 3.63) is 71.8 Å². The monoisotopic (exact) mass is 422 g/mol. The number of amides is 1. The van der Waals surface area contributed by atoms with E-state index in [1.54, 1.807) is 66.1 Å². The van der Waals surface area contributed by atoms with Crippen molar-refractivity contribution in [3.63, 3.8) is 0 Å². The first kappa shape index (κ1) is 23.4. The molecule has 0 unspecified atom stereocenters. The Bertz CT molecular complexity index is 772. The van der Waals surface area contributed by atoms with E-state index >= 15 is 0 Å². The van der Waals surface area contributed by atoms with E-state index in [2.05, 4.69) is 12.3 Å². The second-order valence-corrected chi connectivity index (χ2v) is 6.76. The van der Waals surface area contributed by atoms with Crippen molar-refractivity contribution in [2.45, 2.75) is 44.3 Å². The van der Waals surface area contributed by atoms with Gasteiger partial charge in [0.05, 0.1) is 6.61 Å². The van der Waals surface area contributed by atoms with Gasteiger partial charge < -0.3 is 4.74 Å². The summed E-state index contributed by atoms with van der Waals surface area (Å²) in [6, 6.07) is 16.3. The third-order valence-electron chi connectivity index (χ3n) is 4.57. The number of ether oxygens (including phenoxy) is 1. The number of alkyl halides is 3. The molecule has 0 bridgehead atoms. The number of nitrogens with one attached hydrogen (secondary N) is 2. The van der Waals surface area contributed by atoms with Gasteiger partial charge in [0.2, 0.25) is 0 Å². The maximum absolute atomic E-state index is 13.2. The molecule has 2 rings (SSSR count). The predicted octanol–water partition coefficient (Wildman–Crippen LogP) is 4.24. The van der Waals surface area contributed by atoms with Gasteiger partial charge in [0, 0.05) is 0 Å². The van der Waals surface area contributed by atoms with E-state index in [1.165, 1.54) is 0 Å². The summed E-state index contributed by atoms with van der Waals surface area (Å²) in [4.78, 5) is 24.7. The minimum Gasteiger partial charge on any atom is -0.464 e. The molecule has 8 heteroatoms. The predicted molar refractivity (Wildman–Crippen MR) is 106 cm³/mol. The van der Waals surface area contributed by atoms with Crippen LogP contribution in [0.4, 0.5) is 13.2 Å². The van der Waals surface area contributed by atoms with Crippen LogP contribution in [0.3, 0.4) is 0 Å². The normalized spacial score (nSPS) is 11.7. The first-order chi connectivity index (χ1) is 14.3. The van der Waals surface area contributed by atoms with Gasteiger partial charge in [-0.3, -0.25) is 10.2 Å². The fourth-order valence-corrected chi connectivity index (χ4v) is 3.00. The van der Waals surface area contributed by atoms with Crippen LogP contribution in [0.25, 0.3) is 0 Å². The Morgan fingerprint density at radius 3 is 1.87 bits per heavy atom. The number of benzene rings is 2. The molecule has 0 radical (unpaired) electrons. The number of esters is 1. The summed E-state index contributed by atoms with van der Waals surface area (Å²) in [6.45, 7) is 2.17. The van der Waals surface area contributed by atoms with Gasteiger partial charge in [-0.1, -0.05) is 86.8 Å². The molecule has 0 saturated carbocycles. The number of hydrazine groups is 1. The second-order valence-electron chi connectivity index (χ2n) is 6.76. The Kier molecular flexibility index (Phi) is 8.41. The number of hydrogen-bond donors (Lipinski definition) is 2. The van der Waals surface area contributed by atoms with Gasteiger partial charge in [0.1, 0.15) is 0 Å². The van der Waals surface area contributed by atoms with Crippen molar-refractivity contribution in [1.29, 1.82) is 0 Å². The first-order valence-electron chi connectivity index (χ1n) is 9.75. The van der Waals surface area contributed by atoms with Crippen LogP contribution in [0.5, 0.6) is 0 Å². The molecule has 0 atom stereocenters. The van der Waals surface area contributed by atoms with Crippen LogP contribution in [-0.2, 0) is 19.9 Å². The Morgan fingerprint density at radius 1 is 0.867 bits per heavy atom. The van der Waals surface area contributed by atoms with Gasteiger partial charge in [0.15, 0.2) is 5.54 Å². The maximum atomic E-state index is 13.2. The van der Waals surface area contributed by atoms with Crippen LogP contribution < -0.4 is 10.9 Å². The van der Waals surface area contributed by atoms with Crippen molar-refractivity contribution in [2.75, 3.05) is 6.61 Å². The first-order valence-corrected chi connectivity index (χ1v) is 9.75. The number of unbranched alkanes of at least 4 members (excludes halogenated alkanes) is 3. The van der Waals surface area contributed by atoms with Gasteiger partial charge in [0.25, 0.3) is 0 Å². The number of hydrogen-bond acceptors (Lipinski definition) is 4. The average Bonchev–Trinajstić information content (AvgIpc) is 2.74. The highest BCUT2D eigenvalue weighted by atomic mass is 19.4. The summed E-state index contributed by atoms with van der Waals surface area (Å²) in [6.07, 6.45) is -1.62. The zero-order valence-electron chi connectivity index (χ0n) is 16.7. The zero-order chi connectivity index (χ0) is 22.0.